The molecule has 0 fully saturated rings. The van der Waals surface area contributed by atoms with Crippen molar-refractivity contribution < 1.29 is 0 Å². The van der Waals surface area contributed by atoms with Crippen molar-refractivity contribution in [1.29, 1.82) is 0 Å². The highest BCUT2D eigenvalue weighted by Crippen LogP contribution is 2.37. The molecule has 234 valence electrons. The number of benzene rings is 6. The summed E-state index contributed by atoms with van der Waals surface area (Å²) in [6.07, 6.45) is 5.91. The molecule has 7 nitrogen and oxygen atoms in total. The number of hydrogen-bond donors (Lipinski definition) is 0. The van der Waals surface area contributed by atoms with Gasteiger partial charge in [-0.25, -0.2) is 9.97 Å². The van der Waals surface area contributed by atoms with E-state index in [1.54, 1.807) is 6.33 Å². The van der Waals surface area contributed by atoms with Gasteiger partial charge >= 0.3 is 0 Å². The first-order valence-electron chi connectivity index (χ1n) is 16.7. The highest BCUT2D eigenvalue weighted by atomic mass is 15.3. The molecule has 11 aromatic rings. The number of nitrogens with zero attached hydrogens (tertiary/aromatic N) is 7. The Morgan fingerprint density at radius 2 is 0.800 bits per heavy atom. The molecule has 0 N–H and O–H groups in total. The third kappa shape index (κ3) is 3.82. The van der Waals surface area contributed by atoms with Crippen molar-refractivity contribution in [2.75, 3.05) is 0 Å². The van der Waals surface area contributed by atoms with E-state index < -0.39 is 0 Å². The van der Waals surface area contributed by atoms with Gasteiger partial charge in [0.25, 0.3) is 0 Å². The van der Waals surface area contributed by atoms with Crippen LogP contribution in [0.15, 0.2) is 164 Å². The van der Waals surface area contributed by atoms with Gasteiger partial charge in [0.15, 0.2) is 0 Å². The standard InChI is InChI=1S/C43H27N7/c1-3-11-30(12-4-1)47-21-19-28-23-34-32-15-7-9-17-36(32)49(40(34)25-38(28)47)42-44-27-45-43(46-42)50-37-18-10-8-16-33(37)35-24-29-20-22-48(39(29)26-41(35)50)31-13-5-2-6-14-31/h1-27H. The van der Waals surface area contributed by atoms with Crippen LogP contribution < -0.4 is 0 Å². The third-order valence-electron chi connectivity index (χ3n) is 9.98. The predicted molar refractivity (Wildman–Crippen MR) is 202 cm³/mol. The molecule has 5 aromatic heterocycles. The van der Waals surface area contributed by atoms with Crippen molar-refractivity contribution >= 4 is 65.4 Å². The summed E-state index contributed by atoms with van der Waals surface area (Å²) in [5, 5.41) is 6.97. The second kappa shape index (κ2) is 10.3. The van der Waals surface area contributed by atoms with Gasteiger partial charge in [-0.2, -0.15) is 4.98 Å². The van der Waals surface area contributed by atoms with E-state index in [1.165, 1.54) is 10.8 Å². The van der Waals surface area contributed by atoms with Crippen LogP contribution in [0.2, 0.25) is 0 Å². The average molecular weight is 642 g/mol. The van der Waals surface area contributed by atoms with Crippen LogP contribution in [0.3, 0.4) is 0 Å². The van der Waals surface area contributed by atoms with Gasteiger partial charge in [0.1, 0.15) is 6.33 Å². The van der Waals surface area contributed by atoms with E-state index in [0.717, 1.165) is 66.0 Å². The normalized spacial score (nSPS) is 12.0. The first-order valence-corrected chi connectivity index (χ1v) is 16.7. The summed E-state index contributed by atoms with van der Waals surface area (Å²) < 4.78 is 8.81. The minimum atomic E-state index is 0.568. The zero-order valence-electron chi connectivity index (χ0n) is 26.7. The summed E-state index contributed by atoms with van der Waals surface area (Å²) in [5.74, 6) is 1.14. The Morgan fingerprint density at radius 3 is 1.28 bits per heavy atom. The summed E-state index contributed by atoms with van der Waals surface area (Å²) in [7, 11) is 0. The number of fused-ring (bicyclic) bond motifs is 8. The molecule has 5 heterocycles. The highest BCUT2D eigenvalue weighted by molar-refractivity contribution is 6.14. The minimum absolute atomic E-state index is 0.568. The number of aromatic nitrogens is 7. The predicted octanol–water partition coefficient (Wildman–Crippen LogP) is 9.95. The van der Waals surface area contributed by atoms with E-state index in [9.17, 15) is 0 Å². The molecule has 0 aliphatic rings. The monoisotopic (exact) mass is 641 g/mol. The lowest BCUT2D eigenvalue weighted by Crippen LogP contribution is -2.08. The molecule has 0 saturated carbocycles. The molecule has 0 amide bonds. The molecule has 7 heteroatoms. The molecule has 0 unspecified atom stereocenters. The van der Waals surface area contributed by atoms with Crippen molar-refractivity contribution in [3.05, 3.63) is 164 Å². The molecular weight excluding hydrogens is 615 g/mol. The molecule has 0 spiro atoms. The van der Waals surface area contributed by atoms with Crippen molar-refractivity contribution in [1.82, 2.24) is 33.2 Å². The zero-order valence-corrected chi connectivity index (χ0v) is 26.7. The average Bonchev–Trinajstić information content (AvgIpc) is 3.94. The molecule has 0 saturated heterocycles. The summed E-state index contributed by atoms with van der Waals surface area (Å²) in [4.78, 5) is 14.9. The number of para-hydroxylation sites is 4. The lowest BCUT2D eigenvalue weighted by molar-refractivity contribution is 0.886. The first kappa shape index (κ1) is 27.0. The maximum absolute atomic E-state index is 5.24. The van der Waals surface area contributed by atoms with Gasteiger partial charge in [-0.3, -0.25) is 9.13 Å². The Bertz CT molecular complexity index is 2880. The lowest BCUT2D eigenvalue weighted by atomic mass is 10.1. The van der Waals surface area contributed by atoms with E-state index in [4.69, 9.17) is 15.0 Å². The van der Waals surface area contributed by atoms with Crippen LogP contribution in [0.5, 0.6) is 0 Å². The van der Waals surface area contributed by atoms with Gasteiger partial charge in [-0.05, 0) is 72.8 Å². The molecule has 0 bridgehead atoms. The Labute approximate surface area is 285 Å². The zero-order chi connectivity index (χ0) is 32.8. The SMILES string of the molecule is c1ccc(-n2ccc3cc4c5ccccc5n(-c5ncnc(-n6c7ccccc7c7cc8ccn(-c9ccccc9)c8cc76)n5)c4cc32)cc1. The first-order chi connectivity index (χ1) is 24.8. The Hall–Kier alpha value is -6.99. The Morgan fingerprint density at radius 1 is 0.360 bits per heavy atom. The fourth-order valence-corrected chi connectivity index (χ4v) is 7.75. The minimum Gasteiger partial charge on any atom is -0.316 e. The van der Waals surface area contributed by atoms with Crippen LogP contribution >= 0.6 is 0 Å². The summed E-state index contributed by atoms with van der Waals surface area (Å²) in [6, 6.07) is 51.3. The van der Waals surface area contributed by atoms with Gasteiger partial charge in [-0.1, -0.05) is 72.8 Å². The second-order valence-corrected chi connectivity index (χ2v) is 12.7. The van der Waals surface area contributed by atoms with E-state index >= 15 is 0 Å². The molecule has 0 atom stereocenters. The Kier molecular flexibility index (Phi) is 5.54. The molecule has 11 rings (SSSR count). The highest BCUT2D eigenvalue weighted by Gasteiger charge is 2.20. The summed E-state index contributed by atoms with van der Waals surface area (Å²) >= 11 is 0. The van der Waals surface area contributed by atoms with Crippen LogP contribution in [0, 0.1) is 0 Å². The van der Waals surface area contributed by atoms with Gasteiger partial charge < -0.3 is 9.13 Å². The maximum atomic E-state index is 5.24. The van der Waals surface area contributed by atoms with Gasteiger partial charge in [0.2, 0.25) is 11.9 Å². The van der Waals surface area contributed by atoms with Crippen molar-refractivity contribution in [3.63, 3.8) is 0 Å². The smallest absolute Gasteiger partial charge is 0.239 e. The van der Waals surface area contributed by atoms with E-state index in [2.05, 4.69) is 164 Å². The van der Waals surface area contributed by atoms with E-state index in [-0.39, 0.29) is 0 Å². The summed E-state index contributed by atoms with van der Waals surface area (Å²) in [5.41, 5.74) is 8.64. The molecule has 0 radical (unpaired) electrons. The summed E-state index contributed by atoms with van der Waals surface area (Å²) in [6.45, 7) is 0. The maximum Gasteiger partial charge on any atom is 0.239 e. The van der Waals surface area contributed by atoms with Gasteiger partial charge in [-0.15, -0.1) is 0 Å². The molecule has 50 heavy (non-hydrogen) atoms. The Balaban J connectivity index is 1.17. The van der Waals surface area contributed by atoms with Crippen molar-refractivity contribution in [3.8, 4) is 23.3 Å². The fourth-order valence-electron chi connectivity index (χ4n) is 7.75. The van der Waals surface area contributed by atoms with Crippen LogP contribution in [0.25, 0.3) is 88.7 Å². The number of rotatable bonds is 4. The largest absolute Gasteiger partial charge is 0.316 e. The topological polar surface area (TPSA) is 58.4 Å². The van der Waals surface area contributed by atoms with Crippen molar-refractivity contribution in [2.45, 2.75) is 0 Å². The molecule has 0 aliphatic carbocycles. The van der Waals surface area contributed by atoms with E-state index in [1.807, 2.05) is 12.1 Å². The van der Waals surface area contributed by atoms with Crippen LogP contribution in [-0.2, 0) is 0 Å². The van der Waals surface area contributed by atoms with Crippen LogP contribution in [0.4, 0.5) is 0 Å². The fraction of sp³-hybridized carbons (Fsp3) is 0. The molecular formula is C43H27N7. The lowest BCUT2D eigenvalue weighted by Gasteiger charge is -2.11. The second-order valence-electron chi connectivity index (χ2n) is 12.7. The number of hydrogen-bond acceptors (Lipinski definition) is 3. The third-order valence-corrected chi connectivity index (χ3v) is 9.98. The van der Waals surface area contributed by atoms with Crippen LogP contribution in [-0.4, -0.2) is 33.2 Å². The van der Waals surface area contributed by atoms with Crippen LogP contribution in [0.1, 0.15) is 0 Å². The molecule has 6 aromatic carbocycles. The van der Waals surface area contributed by atoms with Gasteiger partial charge in [0, 0.05) is 56.1 Å². The quantitative estimate of drug-likeness (QED) is 0.192. The van der Waals surface area contributed by atoms with E-state index in [0.29, 0.717) is 11.9 Å². The molecule has 0 aliphatic heterocycles. The van der Waals surface area contributed by atoms with Crippen molar-refractivity contribution in [2.24, 2.45) is 0 Å². The van der Waals surface area contributed by atoms with Gasteiger partial charge in [0.05, 0.1) is 33.1 Å².